The van der Waals surface area contributed by atoms with Crippen molar-refractivity contribution in [1.82, 2.24) is 0 Å². The summed E-state index contributed by atoms with van der Waals surface area (Å²) in [6.07, 6.45) is 0.306. The lowest BCUT2D eigenvalue weighted by atomic mass is 9.81. The van der Waals surface area contributed by atoms with Gasteiger partial charge in [0.25, 0.3) is 0 Å². The summed E-state index contributed by atoms with van der Waals surface area (Å²) >= 11 is 6.33. The average Bonchev–Trinajstić information content (AvgIpc) is 2.98. The van der Waals surface area contributed by atoms with Crippen LogP contribution in [0.1, 0.15) is 68.5 Å². The molecule has 0 spiro atoms. The number of carbonyl (C=O) groups is 1. The van der Waals surface area contributed by atoms with Crippen molar-refractivity contribution in [2.24, 2.45) is 0 Å². The van der Waals surface area contributed by atoms with E-state index in [1.54, 1.807) is 0 Å². The van der Waals surface area contributed by atoms with Crippen molar-refractivity contribution in [2.75, 3.05) is 30.8 Å². The number of nitrogens with one attached hydrogen (secondary N) is 1. The minimum absolute atomic E-state index is 0.267. The van der Waals surface area contributed by atoms with E-state index in [-0.39, 0.29) is 6.61 Å². The Hall–Kier alpha value is -3.90. The number of nitrogens with two attached hydrogens (primary N) is 1. The van der Waals surface area contributed by atoms with E-state index in [9.17, 15) is 9.90 Å². The zero-order valence-electron chi connectivity index (χ0n) is 27.1. The number of anilines is 2. The zero-order chi connectivity index (χ0) is 33.4. The first-order chi connectivity index (χ1) is 20.7. The van der Waals surface area contributed by atoms with Crippen LogP contribution in [0, 0.1) is 39.7 Å². The molecule has 1 atom stereocenters. The number of rotatable bonds is 5. The molecule has 0 bridgehead atoms. The maximum absolute atomic E-state index is 12.7. The Morgan fingerprint density at radius 3 is 2.27 bits per heavy atom. The van der Waals surface area contributed by atoms with E-state index in [1.165, 1.54) is 6.11 Å². The Morgan fingerprint density at radius 2 is 1.75 bits per heavy atom. The molecule has 9 heteroatoms. The number of halogens is 1. The van der Waals surface area contributed by atoms with Gasteiger partial charge in [-0.2, -0.15) is 0 Å². The van der Waals surface area contributed by atoms with E-state index in [4.69, 9.17) is 37.0 Å². The van der Waals surface area contributed by atoms with E-state index in [0.29, 0.717) is 35.0 Å². The molecule has 0 saturated heterocycles. The van der Waals surface area contributed by atoms with Gasteiger partial charge in [0, 0.05) is 28.4 Å². The molecule has 1 aliphatic rings. The van der Waals surface area contributed by atoms with Crippen LogP contribution in [0.4, 0.5) is 11.4 Å². The quantitative estimate of drug-likeness (QED) is 0.145. The van der Waals surface area contributed by atoms with Gasteiger partial charge >= 0.3 is 5.97 Å². The van der Waals surface area contributed by atoms with Crippen LogP contribution in [0.3, 0.4) is 0 Å². The number of aliphatic hydroxyl groups excluding tert-OH is 2. The van der Waals surface area contributed by atoms with Gasteiger partial charge in [0.15, 0.2) is 6.10 Å². The van der Waals surface area contributed by atoms with Crippen LogP contribution in [0.15, 0.2) is 30.3 Å². The van der Waals surface area contributed by atoms with Crippen molar-refractivity contribution < 1.29 is 29.6 Å². The van der Waals surface area contributed by atoms with Gasteiger partial charge in [-0.05, 0) is 112 Å². The predicted molar refractivity (Wildman–Crippen MR) is 179 cm³/mol. The van der Waals surface area contributed by atoms with Crippen LogP contribution in [0.5, 0.6) is 5.75 Å². The molecular formula is C35H45ClN2O6. The highest BCUT2D eigenvalue weighted by molar-refractivity contribution is 6.31. The van der Waals surface area contributed by atoms with Crippen molar-refractivity contribution in [1.29, 1.82) is 0 Å². The van der Waals surface area contributed by atoms with Gasteiger partial charge in [-0.25, -0.2) is 4.79 Å². The van der Waals surface area contributed by atoms with Gasteiger partial charge < -0.3 is 35.8 Å². The molecule has 0 saturated carbocycles. The molecule has 0 aliphatic carbocycles. The Balaban J connectivity index is 0.000000876. The lowest BCUT2D eigenvalue weighted by Gasteiger charge is -2.31. The van der Waals surface area contributed by atoms with E-state index >= 15 is 0 Å². The summed E-state index contributed by atoms with van der Waals surface area (Å²) in [5, 5.41) is 29.8. The number of aryl methyl sites for hydroxylation is 1. The third kappa shape index (κ3) is 8.17. The Kier molecular flexibility index (Phi) is 13.0. The van der Waals surface area contributed by atoms with Crippen molar-refractivity contribution in [3.63, 3.8) is 0 Å². The number of ether oxygens (including phenoxy) is 2. The standard InChI is InChI=1S/C30H35ClN2O4.C3H4O2.C2H6/c1-15-14-19(8-10-21(15)31)23-17(3)24(20-9-11-22-27(16(20)2)33-12-13-36-22)25(18(4)26(23)32)28(29(34)35)37-30(5,6)7;4-2-1-3-5;1-2/h8-11,14,28,33H,12-13,32H2,1-7H3,(H,34,35);4-5H,2H2;1-2H3. The first-order valence-corrected chi connectivity index (χ1v) is 14.9. The number of aliphatic carboxylic acids is 1. The van der Waals surface area contributed by atoms with Gasteiger partial charge in [-0.1, -0.05) is 37.6 Å². The number of carboxylic acids is 1. The van der Waals surface area contributed by atoms with Crippen LogP contribution in [-0.2, 0) is 9.53 Å². The molecule has 44 heavy (non-hydrogen) atoms. The number of aliphatic hydroxyl groups is 2. The van der Waals surface area contributed by atoms with Gasteiger partial charge in [-0.15, -0.1) is 0 Å². The van der Waals surface area contributed by atoms with E-state index < -0.39 is 17.7 Å². The molecule has 3 aromatic carbocycles. The van der Waals surface area contributed by atoms with Gasteiger partial charge in [0.05, 0.1) is 11.3 Å². The SMILES string of the molecule is CC.Cc1cc(-c2c(C)c(-c3ccc4c(c3C)NCCO4)c(C(OC(C)(C)C)C(=O)O)c(C)c2N)ccc1Cl.OC#CCO. The summed E-state index contributed by atoms with van der Waals surface area (Å²) in [6.45, 7) is 18.4. The minimum atomic E-state index is -1.21. The smallest absolute Gasteiger partial charge is 0.337 e. The third-order valence-corrected chi connectivity index (χ3v) is 7.44. The van der Waals surface area contributed by atoms with E-state index in [0.717, 1.165) is 50.4 Å². The second-order valence-electron chi connectivity index (χ2n) is 11.1. The van der Waals surface area contributed by atoms with Crippen LogP contribution in [-0.4, -0.2) is 46.6 Å². The monoisotopic (exact) mass is 624 g/mol. The van der Waals surface area contributed by atoms with Crippen molar-refractivity contribution in [3.8, 4) is 40.0 Å². The first kappa shape index (κ1) is 36.3. The van der Waals surface area contributed by atoms with Crippen LogP contribution < -0.4 is 15.8 Å². The highest BCUT2D eigenvalue weighted by Crippen LogP contribution is 2.48. The van der Waals surface area contributed by atoms with Gasteiger partial charge in [-0.3, -0.25) is 0 Å². The predicted octanol–water partition coefficient (Wildman–Crippen LogP) is 7.57. The summed E-state index contributed by atoms with van der Waals surface area (Å²) in [5.41, 5.74) is 15.1. The highest BCUT2D eigenvalue weighted by Gasteiger charge is 2.34. The topological polar surface area (TPSA) is 134 Å². The molecule has 4 rings (SSSR count). The molecule has 0 amide bonds. The molecule has 8 nitrogen and oxygen atoms in total. The molecule has 238 valence electrons. The molecular weight excluding hydrogens is 580 g/mol. The lowest BCUT2D eigenvalue weighted by molar-refractivity contribution is -0.160. The second-order valence-corrected chi connectivity index (χ2v) is 11.5. The highest BCUT2D eigenvalue weighted by atomic mass is 35.5. The molecule has 0 radical (unpaired) electrons. The largest absolute Gasteiger partial charge is 0.490 e. The number of benzene rings is 3. The minimum Gasteiger partial charge on any atom is -0.490 e. The van der Waals surface area contributed by atoms with E-state index in [2.05, 4.69) is 5.32 Å². The third-order valence-electron chi connectivity index (χ3n) is 7.02. The van der Waals surface area contributed by atoms with Gasteiger partial charge in [0.2, 0.25) is 0 Å². The molecule has 1 unspecified atom stereocenters. The number of hydrogen-bond acceptors (Lipinski definition) is 7. The fourth-order valence-electron chi connectivity index (χ4n) is 5.15. The molecule has 1 heterocycles. The van der Waals surface area contributed by atoms with Crippen molar-refractivity contribution >= 4 is 28.9 Å². The molecule has 0 aromatic heterocycles. The normalized spacial score (nSPS) is 12.4. The van der Waals surface area contributed by atoms with Crippen LogP contribution >= 0.6 is 11.6 Å². The van der Waals surface area contributed by atoms with Crippen molar-refractivity contribution in [3.05, 3.63) is 63.2 Å². The lowest BCUT2D eigenvalue weighted by Crippen LogP contribution is -2.29. The molecule has 6 N–H and O–H groups in total. The Bertz CT molecular complexity index is 1550. The molecule has 3 aromatic rings. The fraction of sp³-hybridized carbons (Fsp3) is 0.400. The van der Waals surface area contributed by atoms with Crippen LogP contribution in [0.25, 0.3) is 22.3 Å². The number of fused-ring (bicyclic) bond motifs is 1. The summed E-state index contributed by atoms with van der Waals surface area (Å²) < 4.78 is 12.0. The zero-order valence-corrected chi connectivity index (χ0v) is 27.9. The van der Waals surface area contributed by atoms with Gasteiger partial charge in [0.1, 0.15) is 25.1 Å². The summed E-state index contributed by atoms with van der Waals surface area (Å²) in [5.74, 6) is 1.69. The van der Waals surface area contributed by atoms with Crippen molar-refractivity contribution in [2.45, 2.75) is 74.0 Å². The summed E-state index contributed by atoms with van der Waals surface area (Å²) in [6, 6.07) is 9.76. The van der Waals surface area contributed by atoms with E-state index in [1.807, 2.05) is 98.6 Å². The fourth-order valence-corrected chi connectivity index (χ4v) is 5.27. The first-order valence-electron chi connectivity index (χ1n) is 14.6. The molecule has 1 aliphatic heterocycles. The maximum atomic E-state index is 12.7. The van der Waals surface area contributed by atoms with Crippen LogP contribution in [0.2, 0.25) is 5.02 Å². The maximum Gasteiger partial charge on any atom is 0.337 e. The second kappa shape index (κ2) is 15.7. The number of nitrogen functional groups attached to an aromatic ring is 1. The number of carboxylic acid groups (broad SMARTS) is 1. The summed E-state index contributed by atoms with van der Waals surface area (Å²) in [4.78, 5) is 12.7. The Labute approximate surface area is 266 Å². The average molecular weight is 625 g/mol. The number of hydrogen-bond donors (Lipinski definition) is 5. The molecule has 0 fully saturated rings. The Morgan fingerprint density at radius 1 is 1.09 bits per heavy atom. The summed E-state index contributed by atoms with van der Waals surface area (Å²) in [7, 11) is 0.